The molecule has 59 valence electrons. The standard InChI is InChI=1S/C9H6BrN2/c10-8-4-2-1-3-7(8)9-5-11-6-12-9/h1-4,6H,(H,11,12). The topological polar surface area (TPSA) is 28.7 Å². The average molecular weight is 222 g/mol. The van der Waals surface area contributed by atoms with Crippen LogP contribution in [0.3, 0.4) is 0 Å². The van der Waals surface area contributed by atoms with E-state index in [0.717, 1.165) is 15.7 Å². The van der Waals surface area contributed by atoms with Crippen molar-refractivity contribution in [3.8, 4) is 11.3 Å². The summed E-state index contributed by atoms with van der Waals surface area (Å²) in [6.45, 7) is 0. The molecule has 1 aromatic heterocycles. The smallest absolute Gasteiger partial charge is 0.0988 e. The van der Waals surface area contributed by atoms with E-state index >= 15 is 0 Å². The first-order valence-corrected chi connectivity index (χ1v) is 4.33. The zero-order valence-corrected chi connectivity index (χ0v) is 7.80. The van der Waals surface area contributed by atoms with Gasteiger partial charge in [-0.1, -0.05) is 34.1 Å². The van der Waals surface area contributed by atoms with Crippen LogP contribution in [0.5, 0.6) is 0 Å². The Bertz CT molecular complexity index is 368. The van der Waals surface area contributed by atoms with E-state index in [1.807, 2.05) is 24.3 Å². The molecule has 0 aliphatic heterocycles. The maximum absolute atomic E-state index is 4.11. The van der Waals surface area contributed by atoms with Crippen LogP contribution in [0, 0.1) is 6.20 Å². The Hall–Kier alpha value is -1.09. The molecule has 1 radical (unpaired) electrons. The third kappa shape index (κ3) is 1.28. The number of H-pyrrole nitrogens is 1. The van der Waals surface area contributed by atoms with Gasteiger partial charge in [0.2, 0.25) is 0 Å². The molecule has 0 amide bonds. The second-order valence-electron chi connectivity index (χ2n) is 2.36. The van der Waals surface area contributed by atoms with Gasteiger partial charge in [0.25, 0.3) is 0 Å². The monoisotopic (exact) mass is 221 g/mol. The van der Waals surface area contributed by atoms with Gasteiger partial charge in [-0.15, -0.1) is 0 Å². The van der Waals surface area contributed by atoms with Gasteiger partial charge in [-0.3, -0.25) is 0 Å². The van der Waals surface area contributed by atoms with Gasteiger partial charge in [0.15, 0.2) is 0 Å². The summed E-state index contributed by atoms with van der Waals surface area (Å²) >= 11 is 3.44. The number of benzene rings is 1. The normalized spacial score (nSPS) is 10.1. The second-order valence-corrected chi connectivity index (χ2v) is 3.21. The highest BCUT2D eigenvalue weighted by Crippen LogP contribution is 2.24. The lowest BCUT2D eigenvalue weighted by Gasteiger charge is -1.97. The van der Waals surface area contributed by atoms with Gasteiger partial charge in [-0.05, 0) is 6.07 Å². The van der Waals surface area contributed by atoms with Crippen molar-refractivity contribution in [3.05, 3.63) is 41.3 Å². The number of nitrogens with one attached hydrogen (secondary N) is 1. The highest BCUT2D eigenvalue weighted by atomic mass is 79.9. The molecule has 0 atom stereocenters. The third-order valence-corrected chi connectivity index (χ3v) is 2.27. The van der Waals surface area contributed by atoms with E-state index < -0.39 is 0 Å². The van der Waals surface area contributed by atoms with Crippen molar-refractivity contribution in [1.82, 2.24) is 9.97 Å². The summed E-state index contributed by atoms with van der Waals surface area (Å²) < 4.78 is 1.04. The number of hydrogen-bond donors (Lipinski definition) is 1. The van der Waals surface area contributed by atoms with Crippen LogP contribution >= 0.6 is 15.9 Å². The van der Waals surface area contributed by atoms with Crippen molar-refractivity contribution < 1.29 is 0 Å². The molecule has 0 aliphatic carbocycles. The fraction of sp³-hybridized carbons (Fsp3) is 0. The maximum Gasteiger partial charge on any atom is 0.0988 e. The van der Waals surface area contributed by atoms with E-state index in [-0.39, 0.29) is 0 Å². The van der Waals surface area contributed by atoms with E-state index in [0.29, 0.717) is 0 Å². The van der Waals surface area contributed by atoms with Gasteiger partial charge >= 0.3 is 0 Å². The van der Waals surface area contributed by atoms with Gasteiger partial charge in [-0.25, -0.2) is 4.98 Å². The molecular formula is C9H6BrN2. The Kier molecular flexibility index (Phi) is 1.96. The number of aromatic amines is 1. The lowest BCUT2D eigenvalue weighted by atomic mass is 10.2. The third-order valence-electron chi connectivity index (χ3n) is 1.58. The number of hydrogen-bond acceptors (Lipinski definition) is 1. The van der Waals surface area contributed by atoms with Crippen LogP contribution in [0.4, 0.5) is 0 Å². The Morgan fingerprint density at radius 2 is 2.17 bits per heavy atom. The van der Waals surface area contributed by atoms with Crippen LogP contribution < -0.4 is 0 Å². The summed E-state index contributed by atoms with van der Waals surface area (Å²) in [7, 11) is 0. The van der Waals surface area contributed by atoms with Crippen LogP contribution in [-0.4, -0.2) is 9.97 Å². The van der Waals surface area contributed by atoms with Crippen LogP contribution in [0.25, 0.3) is 11.3 Å². The van der Waals surface area contributed by atoms with E-state index in [4.69, 9.17) is 0 Å². The second kappa shape index (κ2) is 3.11. The molecule has 0 fully saturated rings. The fourth-order valence-corrected chi connectivity index (χ4v) is 1.49. The molecule has 0 spiro atoms. The van der Waals surface area contributed by atoms with E-state index in [1.165, 1.54) is 0 Å². The zero-order chi connectivity index (χ0) is 8.39. The lowest BCUT2D eigenvalue weighted by molar-refractivity contribution is 1.31. The summed E-state index contributed by atoms with van der Waals surface area (Å²) in [4.78, 5) is 6.90. The van der Waals surface area contributed by atoms with Crippen LogP contribution in [0.15, 0.2) is 35.1 Å². The molecule has 1 heterocycles. The van der Waals surface area contributed by atoms with Crippen molar-refractivity contribution in [2.45, 2.75) is 0 Å². The van der Waals surface area contributed by atoms with Crippen LogP contribution in [-0.2, 0) is 0 Å². The van der Waals surface area contributed by atoms with Gasteiger partial charge in [0.1, 0.15) is 0 Å². The number of rotatable bonds is 1. The van der Waals surface area contributed by atoms with Crippen molar-refractivity contribution in [1.29, 1.82) is 0 Å². The Labute approximate surface area is 78.8 Å². The van der Waals surface area contributed by atoms with Gasteiger partial charge in [-0.2, -0.15) is 0 Å². The summed E-state index contributed by atoms with van der Waals surface area (Å²) in [6, 6.07) is 7.93. The minimum absolute atomic E-state index is 0.836. The number of nitrogens with zero attached hydrogens (tertiary/aromatic N) is 1. The first kappa shape index (κ1) is 7.55. The molecule has 0 saturated heterocycles. The molecule has 0 aliphatic rings. The molecule has 1 N–H and O–H groups in total. The summed E-state index contributed by atoms with van der Waals surface area (Å²) in [5, 5.41) is 0. The minimum Gasteiger partial charge on any atom is -0.343 e. The molecular weight excluding hydrogens is 216 g/mol. The molecule has 1 aromatic carbocycles. The predicted molar refractivity (Wildman–Crippen MR) is 50.6 cm³/mol. The first-order chi connectivity index (χ1) is 5.88. The minimum atomic E-state index is 0.836. The Morgan fingerprint density at radius 1 is 1.33 bits per heavy atom. The molecule has 0 saturated carbocycles. The summed E-state index contributed by atoms with van der Waals surface area (Å²) in [5.74, 6) is 0. The molecule has 2 rings (SSSR count). The van der Waals surface area contributed by atoms with E-state index in [9.17, 15) is 0 Å². The van der Waals surface area contributed by atoms with Gasteiger partial charge in [0.05, 0.1) is 18.2 Å². The fourth-order valence-electron chi connectivity index (χ4n) is 1.02. The average Bonchev–Trinajstić information content (AvgIpc) is 2.57. The van der Waals surface area contributed by atoms with Crippen molar-refractivity contribution in [3.63, 3.8) is 0 Å². The maximum atomic E-state index is 4.11. The van der Waals surface area contributed by atoms with Crippen molar-refractivity contribution in [2.24, 2.45) is 0 Å². The zero-order valence-electron chi connectivity index (χ0n) is 6.21. The predicted octanol–water partition coefficient (Wildman–Crippen LogP) is 2.64. The summed E-state index contributed by atoms with van der Waals surface area (Å²) in [5.41, 5.74) is 1.89. The number of aromatic nitrogens is 2. The van der Waals surface area contributed by atoms with Gasteiger partial charge < -0.3 is 4.98 Å². The Morgan fingerprint density at radius 3 is 2.83 bits per heavy atom. The molecule has 0 bridgehead atoms. The van der Waals surface area contributed by atoms with Crippen molar-refractivity contribution >= 4 is 15.9 Å². The van der Waals surface area contributed by atoms with Gasteiger partial charge in [0, 0.05) is 10.0 Å². The number of halogens is 1. The quantitative estimate of drug-likeness (QED) is 0.789. The highest BCUT2D eigenvalue weighted by Gasteiger charge is 2.02. The molecule has 12 heavy (non-hydrogen) atoms. The van der Waals surface area contributed by atoms with Crippen LogP contribution in [0.1, 0.15) is 0 Å². The highest BCUT2D eigenvalue weighted by molar-refractivity contribution is 9.10. The molecule has 3 heteroatoms. The van der Waals surface area contributed by atoms with E-state index in [2.05, 4.69) is 32.1 Å². The molecule has 2 aromatic rings. The lowest BCUT2D eigenvalue weighted by Crippen LogP contribution is -1.77. The summed E-state index contributed by atoms with van der Waals surface area (Å²) in [6.07, 6.45) is 4.55. The SMILES string of the molecule is Brc1ccccc1-c1[c][nH]cn1. The first-order valence-electron chi connectivity index (χ1n) is 3.54. The van der Waals surface area contributed by atoms with Crippen LogP contribution in [0.2, 0.25) is 0 Å². The molecule has 2 nitrogen and oxygen atoms in total. The largest absolute Gasteiger partial charge is 0.343 e. The van der Waals surface area contributed by atoms with Crippen molar-refractivity contribution in [2.75, 3.05) is 0 Å². The molecule has 0 unspecified atom stereocenters. The number of imidazole rings is 1. The Balaban J connectivity index is 2.55. The van der Waals surface area contributed by atoms with E-state index in [1.54, 1.807) is 6.33 Å².